The summed E-state index contributed by atoms with van der Waals surface area (Å²) in [5.41, 5.74) is 8.58. The number of nitrogens with zero attached hydrogens (tertiary/aromatic N) is 1. The number of aryl methyl sites for hydroxylation is 1. The number of benzene rings is 1. The Kier molecular flexibility index (Phi) is 6.77. The van der Waals surface area contributed by atoms with E-state index < -0.39 is 0 Å². The molecule has 0 atom stereocenters. The van der Waals surface area contributed by atoms with Crippen molar-refractivity contribution in [2.75, 3.05) is 23.5 Å². The molecule has 1 heterocycles. The van der Waals surface area contributed by atoms with Crippen LogP contribution >= 0.6 is 11.6 Å². The number of H-pyrrole nitrogens is 1. The summed E-state index contributed by atoms with van der Waals surface area (Å²) in [5.74, 6) is 0.0136. The van der Waals surface area contributed by atoms with Gasteiger partial charge in [-0.3, -0.25) is 14.6 Å². The van der Waals surface area contributed by atoms with E-state index in [1.165, 1.54) is 6.08 Å². The number of aromatic amines is 1. The highest BCUT2D eigenvalue weighted by atomic mass is 35.5. The summed E-state index contributed by atoms with van der Waals surface area (Å²) >= 11 is 5.44. The fourth-order valence-electron chi connectivity index (χ4n) is 2.37. The largest absolute Gasteiger partial charge is 0.385 e. The highest BCUT2D eigenvalue weighted by molar-refractivity contribution is 6.29. The Morgan fingerprint density at radius 1 is 1.36 bits per heavy atom. The molecule has 0 saturated heterocycles. The second-order valence-electron chi connectivity index (χ2n) is 5.60. The van der Waals surface area contributed by atoms with Crippen LogP contribution in [0.15, 0.2) is 35.1 Å². The predicted octanol–water partition coefficient (Wildman–Crippen LogP) is 2.53. The summed E-state index contributed by atoms with van der Waals surface area (Å²) in [6.45, 7) is 2.51. The minimum atomic E-state index is -0.173. The van der Waals surface area contributed by atoms with Gasteiger partial charge in [0.15, 0.2) is 5.78 Å². The van der Waals surface area contributed by atoms with E-state index in [1.54, 1.807) is 13.0 Å². The van der Waals surface area contributed by atoms with Crippen LogP contribution in [0.2, 0.25) is 0 Å². The molecule has 2 aromatic rings. The lowest BCUT2D eigenvalue weighted by Crippen LogP contribution is -2.19. The molecular formula is C18H21ClN4O2. The van der Waals surface area contributed by atoms with Gasteiger partial charge in [0.2, 0.25) is 5.95 Å². The van der Waals surface area contributed by atoms with Crippen molar-refractivity contribution in [3.63, 3.8) is 0 Å². The van der Waals surface area contributed by atoms with Gasteiger partial charge in [0.1, 0.15) is 0 Å². The Morgan fingerprint density at radius 3 is 2.72 bits per heavy atom. The van der Waals surface area contributed by atoms with Gasteiger partial charge in [-0.05, 0) is 43.5 Å². The topological polar surface area (TPSA) is 101 Å². The van der Waals surface area contributed by atoms with Gasteiger partial charge in [-0.25, -0.2) is 4.98 Å². The zero-order valence-electron chi connectivity index (χ0n) is 14.0. The second kappa shape index (κ2) is 9.03. The van der Waals surface area contributed by atoms with Crippen molar-refractivity contribution in [1.29, 1.82) is 0 Å². The van der Waals surface area contributed by atoms with Gasteiger partial charge in [0.25, 0.3) is 5.56 Å². The molecule has 0 fully saturated rings. The van der Waals surface area contributed by atoms with E-state index in [0.717, 1.165) is 24.2 Å². The van der Waals surface area contributed by atoms with Crippen molar-refractivity contribution in [1.82, 2.24) is 9.97 Å². The van der Waals surface area contributed by atoms with Gasteiger partial charge in [0.05, 0.1) is 5.88 Å². The fourth-order valence-corrected chi connectivity index (χ4v) is 2.46. The van der Waals surface area contributed by atoms with Crippen LogP contribution in [0.4, 0.5) is 11.6 Å². The molecule has 25 heavy (non-hydrogen) atoms. The highest BCUT2D eigenvalue weighted by Crippen LogP contribution is 2.11. The maximum Gasteiger partial charge on any atom is 0.255 e. The first-order valence-electron chi connectivity index (χ1n) is 7.95. The first-order chi connectivity index (χ1) is 12.0. The number of nitrogen functional groups attached to an aromatic ring is 1. The maximum absolute atomic E-state index is 11.9. The smallest absolute Gasteiger partial charge is 0.255 e. The van der Waals surface area contributed by atoms with Crippen molar-refractivity contribution in [3.8, 4) is 0 Å². The maximum atomic E-state index is 11.9. The summed E-state index contributed by atoms with van der Waals surface area (Å²) in [7, 11) is 0. The van der Waals surface area contributed by atoms with Gasteiger partial charge in [0, 0.05) is 23.5 Å². The van der Waals surface area contributed by atoms with Gasteiger partial charge >= 0.3 is 0 Å². The fraction of sp³-hybridized carbons (Fsp3) is 0.278. The molecule has 132 valence electrons. The number of carbonyl (C=O) groups is 1. The third-order valence-corrected chi connectivity index (χ3v) is 3.94. The van der Waals surface area contributed by atoms with E-state index in [2.05, 4.69) is 15.3 Å². The monoisotopic (exact) mass is 360 g/mol. The number of carbonyl (C=O) groups excluding carboxylic acids is 1. The Balaban J connectivity index is 1.83. The van der Waals surface area contributed by atoms with Gasteiger partial charge in [-0.1, -0.05) is 18.2 Å². The molecule has 4 N–H and O–H groups in total. The summed E-state index contributed by atoms with van der Waals surface area (Å²) in [6, 6.07) is 7.71. The van der Waals surface area contributed by atoms with E-state index in [-0.39, 0.29) is 23.2 Å². The first kappa shape index (κ1) is 18.7. The average Bonchev–Trinajstić information content (AvgIpc) is 2.59. The lowest BCUT2D eigenvalue weighted by Gasteiger charge is -2.08. The van der Waals surface area contributed by atoms with Crippen molar-refractivity contribution >= 4 is 35.1 Å². The molecular weight excluding hydrogens is 340 g/mol. The number of ketones is 1. The van der Waals surface area contributed by atoms with Gasteiger partial charge < -0.3 is 11.1 Å². The minimum Gasteiger partial charge on any atom is -0.385 e. The summed E-state index contributed by atoms with van der Waals surface area (Å²) < 4.78 is 0. The molecule has 0 aliphatic rings. The quantitative estimate of drug-likeness (QED) is 0.381. The number of nitrogens with two attached hydrogens (primary N) is 1. The third-order valence-electron chi connectivity index (χ3n) is 3.68. The number of aromatic nitrogens is 2. The van der Waals surface area contributed by atoms with Gasteiger partial charge in [-0.15, -0.1) is 11.6 Å². The Bertz CT molecular complexity index is 813. The van der Waals surface area contributed by atoms with Crippen LogP contribution in [0.5, 0.6) is 0 Å². The molecule has 0 aliphatic heterocycles. The van der Waals surface area contributed by atoms with E-state index in [1.807, 2.05) is 24.3 Å². The Morgan fingerprint density at radius 2 is 2.08 bits per heavy atom. The third kappa shape index (κ3) is 5.76. The summed E-state index contributed by atoms with van der Waals surface area (Å²) in [5, 5.41) is 3.30. The van der Waals surface area contributed by atoms with E-state index in [4.69, 9.17) is 17.3 Å². The lowest BCUT2D eigenvalue weighted by molar-refractivity contribution is -0.112. The molecule has 0 aliphatic carbocycles. The van der Waals surface area contributed by atoms with Crippen LogP contribution in [0, 0.1) is 6.92 Å². The van der Waals surface area contributed by atoms with Crippen LogP contribution in [-0.4, -0.2) is 28.2 Å². The van der Waals surface area contributed by atoms with Crippen LogP contribution in [0.25, 0.3) is 6.08 Å². The Labute approximate surface area is 151 Å². The normalized spacial score (nSPS) is 11.0. The molecule has 0 spiro atoms. The molecule has 6 nitrogen and oxygen atoms in total. The summed E-state index contributed by atoms with van der Waals surface area (Å²) in [6.07, 6.45) is 4.62. The number of nitrogens with one attached hydrogen (secondary N) is 2. The number of allylic oxidation sites excluding steroid dienone is 1. The molecule has 2 rings (SSSR count). The zero-order chi connectivity index (χ0) is 18.2. The SMILES string of the molecule is Cc1nc(N)[nH]c(=O)c1CCCNc1ccc(C=CC(=O)CCl)cc1. The van der Waals surface area contributed by atoms with Crippen LogP contribution in [-0.2, 0) is 11.2 Å². The van der Waals surface area contributed by atoms with Crippen molar-refractivity contribution in [2.45, 2.75) is 19.8 Å². The average molecular weight is 361 g/mol. The lowest BCUT2D eigenvalue weighted by atomic mass is 10.1. The number of anilines is 2. The number of hydrogen-bond donors (Lipinski definition) is 3. The standard InChI is InChI=1S/C18H21ClN4O2/c1-12-16(17(25)23-18(20)22-12)3-2-10-21-14-7-4-13(5-8-14)6-9-15(24)11-19/h4-9,21H,2-3,10-11H2,1H3,(H3,20,22,23,25). The molecule has 7 heteroatoms. The van der Waals surface area contributed by atoms with E-state index in [9.17, 15) is 9.59 Å². The van der Waals surface area contributed by atoms with Gasteiger partial charge in [-0.2, -0.15) is 0 Å². The molecule has 0 saturated carbocycles. The second-order valence-corrected chi connectivity index (χ2v) is 5.87. The molecule has 0 radical (unpaired) electrons. The molecule has 0 unspecified atom stereocenters. The zero-order valence-corrected chi connectivity index (χ0v) is 14.8. The van der Waals surface area contributed by atoms with Crippen molar-refractivity contribution in [3.05, 3.63) is 57.5 Å². The Hall–Kier alpha value is -2.60. The van der Waals surface area contributed by atoms with Crippen LogP contribution in [0.3, 0.4) is 0 Å². The molecule has 0 amide bonds. The van der Waals surface area contributed by atoms with Crippen LogP contribution in [0.1, 0.15) is 23.2 Å². The molecule has 0 bridgehead atoms. The number of hydrogen-bond acceptors (Lipinski definition) is 5. The van der Waals surface area contributed by atoms with Crippen molar-refractivity contribution < 1.29 is 4.79 Å². The predicted molar refractivity (Wildman–Crippen MR) is 102 cm³/mol. The molecule has 1 aromatic heterocycles. The minimum absolute atomic E-state index is 0.0119. The van der Waals surface area contributed by atoms with E-state index in [0.29, 0.717) is 17.7 Å². The van der Waals surface area contributed by atoms with E-state index >= 15 is 0 Å². The number of halogens is 1. The van der Waals surface area contributed by atoms with Crippen molar-refractivity contribution in [2.24, 2.45) is 0 Å². The number of rotatable bonds is 8. The highest BCUT2D eigenvalue weighted by Gasteiger charge is 2.06. The summed E-state index contributed by atoms with van der Waals surface area (Å²) in [4.78, 5) is 29.6. The van der Waals surface area contributed by atoms with Crippen LogP contribution < -0.4 is 16.6 Å². The first-order valence-corrected chi connectivity index (χ1v) is 8.49. The molecule has 1 aromatic carbocycles. The number of alkyl halides is 1.